The molecule has 0 saturated carbocycles. The van der Waals surface area contributed by atoms with Crippen LogP contribution in [0.3, 0.4) is 0 Å². The molecule has 8 nitrogen and oxygen atoms in total. The lowest BCUT2D eigenvalue weighted by molar-refractivity contribution is -0.137. The number of halogens is 5. The van der Waals surface area contributed by atoms with Crippen molar-refractivity contribution < 1.29 is 26.4 Å². The topological polar surface area (TPSA) is 93.8 Å². The predicted octanol–water partition coefficient (Wildman–Crippen LogP) is 4.54. The van der Waals surface area contributed by atoms with Crippen LogP contribution in [0.5, 0.6) is 0 Å². The van der Waals surface area contributed by atoms with Gasteiger partial charge in [-0.25, -0.2) is 0 Å². The maximum absolute atomic E-state index is 13.2. The number of piperidine rings is 1. The fraction of sp³-hybridized carbons (Fsp3) is 0.458. The maximum Gasteiger partial charge on any atom is 0.416 e. The summed E-state index contributed by atoms with van der Waals surface area (Å²) in [5, 5.41) is 5.60. The Labute approximate surface area is 229 Å². The van der Waals surface area contributed by atoms with Crippen LogP contribution < -0.4 is 15.4 Å². The monoisotopic (exact) mass is 593 g/mol. The van der Waals surface area contributed by atoms with Crippen molar-refractivity contribution >= 4 is 50.7 Å². The van der Waals surface area contributed by atoms with Crippen LogP contribution in [0.1, 0.15) is 28.8 Å². The summed E-state index contributed by atoms with van der Waals surface area (Å²) in [7, 11) is -3.98. The molecule has 38 heavy (non-hydrogen) atoms. The van der Waals surface area contributed by atoms with Crippen LogP contribution in [0.2, 0.25) is 10.0 Å². The van der Waals surface area contributed by atoms with Crippen molar-refractivity contribution in [1.29, 1.82) is 0 Å². The number of piperazine rings is 1. The molecular weight excluding hydrogens is 566 g/mol. The molecule has 0 atom stereocenters. The van der Waals surface area contributed by atoms with Crippen LogP contribution in [0.25, 0.3) is 0 Å². The third-order valence-corrected chi connectivity index (χ3v) is 8.72. The highest BCUT2D eigenvalue weighted by Gasteiger charge is 2.32. The Morgan fingerprint density at radius 1 is 1.00 bits per heavy atom. The van der Waals surface area contributed by atoms with E-state index in [0.717, 1.165) is 57.7 Å². The summed E-state index contributed by atoms with van der Waals surface area (Å²) in [5.74, 6) is -0.383. The molecule has 2 fully saturated rings. The van der Waals surface area contributed by atoms with E-state index in [1.54, 1.807) is 0 Å². The van der Waals surface area contributed by atoms with Gasteiger partial charge >= 0.3 is 16.4 Å². The van der Waals surface area contributed by atoms with E-state index in [1.807, 2.05) is 0 Å². The van der Waals surface area contributed by atoms with Crippen LogP contribution >= 0.6 is 23.2 Å². The zero-order chi connectivity index (χ0) is 27.5. The molecule has 2 aromatic carbocycles. The summed E-state index contributed by atoms with van der Waals surface area (Å²) in [6.07, 6.45) is -3.14. The zero-order valence-electron chi connectivity index (χ0n) is 20.3. The van der Waals surface area contributed by atoms with E-state index < -0.39 is 27.9 Å². The lowest BCUT2D eigenvalue weighted by Gasteiger charge is -2.35. The molecule has 2 aliphatic heterocycles. The van der Waals surface area contributed by atoms with E-state index in [9.17, 15) is 26.4 Å². The number of benzene rings is 2. The van der Waals surface area contributed by atoms with Crippen LogP contribution in [0, 0.1) is 5.92 Å². The minimum absolute atomic E-state index is 0.0159. The fourth-order valence-electron chi connectivity index (χ4n) is 4.57. The molecule has 208 valence electrons. The average molecular weight is 594 g/mol. The number of nitrogens with zero attached hydrogens (tertiary/aromatic N) is 2. The highest BCUT2D eigenvalue weighted by Crippen LogP contribution is 2.34. The molecule has 0 aromatic heterocycles. The highest BCUT2D eigenvalue weighted by atomic mass is 35.5. The molecular formula is C24H28Cl2F3N5O3S. The Bertz CT molecular complexity index is 1270. The van der Waals surface area contributed by atoms with Crippen molar-refractivity contribution in [2.75, 3.05) is 55.9 Å². The molecule has 2 heterocycles. The van der Waals surface area contributed by atoms with Gasteiger partial charge in [0.25, 0.3) is 5.91 Å². The maximum atomic E-state index is 13.2. The molecule has 1 amide bonds. The number of hydrogen-bond acceptors (Lipinski definition) is 5. The second-order valence-corrected chi connectivity index (χ2v) is 11.9. The molecule has 0 radical (unpaired) electrons. The lowest BCUT2D eigenvalue weighted by atomic mass is 9.97. The van der Waals surface area contributed by atoms with E-state index >= 15 is 0 Å². The van der Waals surface area contributed by atoms with Crippen LogP contribution in [0.4, 0.5) is 24.5 Å². The Balaban J connectivity index is 1.43. The number of carbonyl (C=O) groups excluding carboxylic acids is 1. The first-order chi connectivity index (χ1) is 17.9. The summed E-state index contributed by atoms with van der Waals surface area (Å²) >= 11 is 12.0. The van der Waals surface area contributed by atoms with E-state index in [-0.39, 0.29) is 27.0 Å². The summed E-state index contributed by atoms with van der Waals surface area (Å²) in [6.45, 7) is 5.53. The Morgan fingerprint density at radius 2 is 1.66 bits per heavy atom. The molecule has 2 aromatic rings. The van der Waals surface area contributed by atoms with Gasteiger partial charge in [-0.05, 0) is 55.2 Å². The minimum Gasteiger partial charge on any atom is -0.321 e. The van der Waals surface area contributed by atoms with E-state index in [4.69, 9.17) is 23.2 Å². The van der Waals surface area contributed by atoms with E-state index in [1.165, 1.54) is 22.5 Å². The molecule has 0 bridgehead atoms. The van der Waals surface area contributed by atoms with E-state index in [2.05, 4.69) is 20.3 Å². The first-order valence-corrected chi connectivity index (χ1v) is 14.3. The summed E-state index contributed by atoms with van der Waals surface area (Å²) in [5.41, 5.74) is -1.15. The van der Waals surface area contributed by atoms with Crippen LogP contribution in [-0.2, 0) is 16.4 Å². The Hall–Kier alpha value is -2.09. The number of nitrogens with one attached hydrogen (secondary N) is 3. The lowest BCUT2D eigenvalue weighted by Crippen LogP contribution is -2.48. The smallest absolute Gasteiger partial charge is 0.321 e. The molecule has 14 heteroatoms. The fourth-order valence-corrected chi connectivity index (χ4v) is 6.25. The summed E-state index contributed by atoms with van der Waals surface area (Å²) in [6, 6.07) is 6.58. The van der Waals surface area contributed by atoms with Crippen molar-refractivity contribution in [3.05, 3.63) is 57.6 Å². The van der Waals surface area contributed by atoms with Crippen molar-refractivity contribution in [2.45, 2.75) is 19.0 Å². The Kier molecular flexibility index (Phi) is 9.11. The van der Waals surface area contributed by atoms with Gasteiger partial charge in [0.05, 0.1) is 27.5 Å². The quantitative estimate of drug-likeness (QED) is 0.438. The van der Waals surface area contributed by atoms with Crippen molar-refractivity contribution in [3.63, 3.8) is 0 Å². The van der Waals surface area contributed by atoms with Gasteiger partial charge in [0, 0.05) is 50.8 Å². The van der Waals surface area contributed by atoms with Gasteiger partial charge in [0.2, 0.25) is 0 Å². The first-order valence-electron chi connectivity index (χ1n) is 12.1. The van der Waals surface area contributed by atoms with Crippen LogP contribution in [0.15, 0.2) is 36.4 Å². The first kappa shape index (κ1) is 28.9. The molecule has 2 aliphatic rings. The van der Waals surface area contributed by atoms with Gasteiger partial charge in [0.15, 0.2) is 0 Å². The Morgan fingerprint density at radius 3 is 2.29 bits per heavy atom. The third kappa shape index (κ3) is 7.30. The normalized spacial score (nSPS) is 18.3. The van der Waals surface area contributed by atoms with Crippen molar-refractivity contribution in [2.24, 2.45) is 5.92 Å². The third-order valence-electron chi connectivity index (χ3n) is 6.65. The van der Waals surface area contributed by atoms with Gasteiger partial charge in [-0.15, -0.1) is 0 Å². The van der Waals surface area contributed by atoms with Gasteiger partial charge in [-0.3, -0.25) is 9.52 Å². The molecule has 4 rings (SSSR count). The average Bonchev–Trinajstić information content (AvgIpc) is 2.86. The predicted molar refractivity (Wildman–Crippen MR) is 142 cm³/mol. The van der Waals surface area contributed by atoms with Gasteiger partial charge in [0.1, 0.15) is 0 Å². The molecule has 0 spiro atoms. The zero-order valence-corrected chi connectivity index (χ0v) is 22.7. The van der Waals surface area contributed by atoms with Crippen molar-refractivity contribution in [3.8, 4) is 0 Å². The highest BCUT2D eigenvalue weighted by molar-refractivity contribution is 7.90. The molecule has 0 aliphatic carbocycles. The number of carbonyl (C=O) groups is 1. The standard InChI is InChI=1S/C24H28Cl2F3N5O3S/c25-18-2-4-21(19(14-18)23(35)31-22-3-1-17(13-20(22)26)24(27,28)29)32-38(36,37)34-9-5-16(6-10-34)15-33-11-7-30-8-12-33/h1-4,13-14,16,30,32H,5-12,15H2,(H,31,35). The summed E-state index contributed by atoms with van der Waals surface area (Å²) in [4.78, 5) is 15.4. The number of anilines is 2. The van der Waals surface area contributed by atoms with Gasteiger partial charge in [-0.2, -0.15) is 25.9 Å². The summed E-state index contributed by atoms with van der Waals surface area (Å²) < 4.78 is 68.9. The van der Waals surface area contributed by atoms with Gasteiger partial charge in [-0.1, -0.05) is 23.2 Å². The minimum atomic E-state index is -4.59. The molecule has 0 unspecified atom stereocenters. The van der Waals surface area contributed by atoms with E-state index in [0.29, 0.717) is 25.1 Å². The number of hydrogen-bond donors (Lipinski definition) is 3. The second kappa shape index (κ2) is 12.0. The number of alkyl halides is 3. The van der Waals surface area contributed by atoms with Crippen LogP contribution in [-0.4, -0.2) is 69.3 Å². The second-order valence-electron chi connectivity index (χ2n) is 9.34. The number of rotatable bonds is 7. The molecule has 2 saturated heterocycles. The van der Waals surface area contributed by atoms with Gasteiger partial charge < -0.3 is 15.5 Å². The number of amides is 1. The SMILES string of the molecule is O=C(Nc1ccc(C(F)(F)F)cc1Cl)c1cc(Cl)ccc1NS(=O)(=O)N1CCC(CN2CCNCC2)CC1. The van der Waals surface area contributed by atoms with Crippen molar-refractivity contribution in [1.82, 2.24) is 14.5 Å². The largest absolute Gasteiger partial charge is 0.416 e. The molecule has 3 N–H and O–H groups in total.